The number of allylic oxidation sites excluding steroid dienone is 1. The summed E-state index contributed by atoms with van der Waals surface area (Å²) in [4.78, 5) is 28.0. The number of hydrogen-bond donors (Lipinski definition) is 5. The van der Waals surface area contributed by atoms with Crippen LogP contribution < -0.4 is 21.3 Å². The van der Waals surface area contributed by atoms with Crippen molar-refractivity contribution in [3.8, 4) is 22.4 Å². The number of carbonyl (C=O) groups is 1. The molecule has 1 amide bonds. The van der Waals surface area contributed by atoms with Crippen LogP contribution >= 0.6 is 0 Å². The summed E-state index contributed by atoms with van der Waals surface area (Å²) in [5.41, 5.74) is 15.4. The smallest absolute Gasteiger partial charge is 0.259 e. The summed E-state index contributed by atoms with van der Waals surface area (Å²) in [6.45, 7) is 4.30. The molecule has 0 radical (unpaired) electrons. The summed E-state index contributed by atoms with van der Waals surface area (Å²) in [7, 11) is 1.80. The van der Waals surface area contributed by atoms with Crippen molar-refractivity contribution in [1.29, 1.82) is 5.41 Å². The number of nitrogens with zero attached hydrogens (tertiary/aromatic N) is 3. The Labute approximate surface area is 237 Å². The molecule has 1 aliphatic heterocycles. The monoisotopic (exact) mass is 542 g/mol. The van der Waals surface area contributed by atoms with Gasteiger partial charge in [-0.25, -0.2) is 9.97 Å². The molecule has 0 saturated heterocycles. The minimum atomic E-state index is -0.0333. The maximum Gasteiger partial charge on any atom is 0.259 e. The second-order valence-electron chi connectivity index (χ2n) is 10.1. The van der Waals surface area contributed by atoms with Crippen molar-refractivity contribution in [3.05, 3.63) is 102 Å². The number of nitrogen functional groups attached to an aromatic ring is 1. The molecule has 0 bridgehead atoms. The molecule has 0 fully saturated rings. The first-order valence-corrected chi connectivity index (χ1v) is 13.3. The highest BCUT2D eigenvalue weighted by atomic mass is 16.2. The van der Waals surface area contributed by atoms with Crippen LogP contribution in [-0.2, 0) is 6.54 Å². The zero-order valence-corrected chi connectivity index (χ0v) is 23.0. The lowest BCUT2D eigenvalue weighted by molar-refractivity contribution is 0.0997. The Morgan fingerprint density at radius 2 is 1.83 bits per heavy atom. The van der Waals surface area contributed by atoms with Crippen LogP contribution in [-0.4, -0.2) is 33.7 Å². The second kappa shape index (κ2) is 10.3. The fraction of sp³-hybridized carbons (Fsp3) is 0.125. The average Bonchev–Trinajstić information content (AvgIpc) is 3.55. The van der Waals surface area contributed by atoms with Gasteiger partial charge >= 0.3 is 0 Å². The predicted molar refractivity (Wildman–Crippen MR) is 165 cm³/mol. The number of anilines is 3. The first-order valence-electron chi connectivity index (χ1n) is 13.3. The summed E-state index contributed by atoms with van der Waals surface area (Å²) in [6, 6.07) is 19.6. The predicted octanol–water partition coefficient (Wildman–Crippen LogP) is 5.86. The van der Waals surface area contributed by atoms with E-state index >= 15 is 0 Å². The molecule has 9 heteroatoms. The largest absolute Gasteiger partial charge is 0.399 e. The summed E-state index contributed by atoms with van der Waals surface area (Å²) in [5, 5.41) is 15.1. The van der Waals surface area contributed by atoms with Gasteiger partial charge in [-0.1, -0.05) is 36.4 Å². The molecule has 0 spiro atoms. The Bertz CT molecular complexity index is 1850. The SMILES string of the molecule is CN/C(C)=C\C(=N)Nc1ncc(C)c(-c2c[nH]c3c(N4Cc5c(cccc5-c5ccc(N)cc5)C4=O)cccc23)n1. The van der Waals surface area contributed by atoms with E-state index in [0.717, 1.165) is 55.8 Å². The Hall–Kier alpha value is -5.44. The highest BCUT2D eigenvalue weighted by molar-refractivity contribution is 6.15. The third kappa shape index (κ3) is 4.67. The Morgan fingerprint density at radius 1 is 1.07 bits per heavy atom. The average molecular weight is 543 g/mol. The fourth-order valence-electron chi connectivity index (χ4n) is 5.24. The quantitative estimate of drug-likeness (QED) is 0.104. The van der Waals surface area contributed by atoms with Gasteiger partial charge in [-0.3, -0.25) is 10.2 Å². The normalized spacial score (nSPS) is 13.0. The molecular formula is C32H30N8O. The number of benzene rings is 3. The van der Waals surface area contributed by atoms with E-state index in [4.69, 9.17) is 16.1 Å². The second-order valence-corrected chi connectivity index (χ2v) is 10.1. The van der Waals surface area contributed by atoms with E-state index in [1.54, 1.807) is 19.3 Å². The third-order valence-electron chi connectivity index (χ3n) is 7.40. The summed E-state index contributed by atoms with van der Waals surface area (Å²) >= 11 is 0. The van der Waals surface area contributed by atoms with Crippen molar-refractivity contribution in [2.24, 2.45) is 0 Å². The van der Waals surface area contributed by atoms with Crippen LogP contribution in [0.2, 0.25) is 0 Å². The summed E-state index contributed by atoms with van der Waals surface area (Å²) in [5.74, 6) is 0.481. The number of para-hydroxylation sites is 1. The van der Waals surface area contributed by atoms with Gasteiger partial charge in [-0.2, -0.15) is 0 Å². The van der Waals surface area contributed by atoms with E-state index < -0.39 is 0 Å². The number of fused-ring (bicyclic) bond motifs is 2. The zero-order chi connectivity index (χ0) is 28.7. The number of amidine groups is 1. The number of aromatic amines is 1. The van der Waals surface area contributed by atoms with Crippen LogP contribution in [0.25, 0.3) is 33.3 Å². The van der Waals surface area contributed by atoms with Crippen molar-refractivity contribution in [1.82, 2.24) is 20.3 Å². The summed E-state index contributed by atoms with van der Waals surface area (Å²) < 4.78 is 0. The lowest BCUT2D eigenvalue weighted by atomic mass is 9.97. The Kier molecular flexibility index (Phi) is 6.47. The molecule has 1 aliphatic rings. The number of nitrogens with two attached hydrogens (primary N) is 1. The Balaban J connectivity index is 1.36. The standard InChI is InChI=1S/C32H30N8O/c1-18-15-37-32(38-28(34)14-19(2)35-3)39-29(18)25-16-36-30-23(25)7-5-9-27(30)40-17-26-22(6-4-8-24(26)31(40)41)20-10-12-21(33)13-11-20/h4-16,35-36H,17,33H2,1-3H3,(H2,34,37,38,39)/b19-14-. The van der Waals surface area contributed by atoms with Gasteiger partial charge in [-0.15, -0.1) is 0 Å². The molecule has 3 heterocycles. The minimum Gasteiger partial charge on any atom is -0.399 e. The maximum absolute atomic E-state index is 13.7. The van der Waals surface area contributed by atoms with E-state index in [0.29, 0.717) is 23.7 Å². The van der Waals surface area contributed by atoms with Crippen molar-refractivity contribution in [2.45, 2.75) is 20.4 Å². The number of hydrogen-bond acceptors (Lipinski definition) is 6. The van der Waals surface area contributed by atoms with Gasteiger partial charge in [0.15, 0.2) is 0 Å². The van der Waals surface area contributed by atoms with Gasteiger partial charge in [0, 0.05) is 47.3 Å². The lowest BCUT2D eigenvalue weighted by Crippen LogP contribution is -2.23. The number of carbonyl (C=O) groups excluding carboxylic acids is 1. The highest BCUT2D eigenvalue weighted by Crippen LogP contribution is 2.40. The van der Waals surface area contributed by atoms with Gasteiger partial charge < -0.3 is 26.3 Å². The van der Waals surface area contributed by atoms with Gasteiger partial charge in [-0.05, 0) is 66.4 Å². The van der Waals surface area contributed by atoms with Gasteiger partial charge in [0.1, 0.15) is 5.84 Å². The van der Waals surface area contributed by atoms with E-state index in [2.05, 4.69) is 20.6 Å². The molecule has 0 aliphatic carbocycles. The van der Waals surface area contributed by atoms with E-state index in [1.165, 1.54) is 0 Å². The minimum absolute atomic E-state index is 0.0333. The van der Waals surface area contributed by atoms with Gasteiger partial charge in [0.05, 0.1) is 23.4 Å². The van der Waals surface area contributed by atoms with Crippen LogP contribution in [0, 0.1) is 12.3 Å². The van der Waals surface area contributed by atoms with Crippen LogP contribution in [0.1, 0.15) is 28.4 Å². The molecule has 3 aromatic carbocycles. The van der Waals surface area contributed by atoms with E-state index in [1.807, 2.05) is 85.6 Å². The van der Waals surface area contributed by atoms with E-state index in [9.17, 15) is 4.79 Å². The summed E-state index contributed by atoms with van der Waals surface area (Å²) in [6.07, 6.45) is 5.33. The molecule has 41 heavy (non-hydrogen) atoms. The van der Waals surface area contributed by atoms with Crippen molar-refractivity contribution < 1.29 is 4.79 Å². The molecule has 0 atom stereocenters. The van der Waals surface area contributed by atoms with Crippen LogP contribution in [0.4, 0.5) is 17.3 Å². The third-order valence-corrected chi connectivity index (χ3v) is 7.40. The first-order chi connectivity index (χ1) is 19.8. The Morgan fingerprint density at radius 3 is 2.61 bits per heavy atom. The number of rotatable bonds is 6. The van der Waals surface area contributed by atoms with Crippen molar-refractivity contribution in [3.63, 3.8) is 0 Å². The van der Waals surface area contributed by atoms with Gasteiger partial charge in [0.25, 0.3) is 5.91 Å². The molecule has 5 aromatic rings. The number of H-pyrrole nitrogens is 1. The topological polar surface area (TPSA) is 136 Å². The maximum atomic E-state index is 13.7. The highest BCUT2D eigenvalue weighted by Gasteiger charge is 2.32. The molecule has 9 nitrogen and oxygen atoms in total. The molecule has 204 valence electrons. The molecule has 0 unspecified atom stereocenters. The lowest BCUT2D eigenvalue weighted by Gasteiger charge is -2.17. The van der Waals surface area contributed by atoms with Crippen LogP contribution in [0.5, 0.6) is 0 Å². The van der Waals surface area contributed by atoms with Crippen LogP contribution in [0.3, 0.4) is 0 Å². The van der Waals surface area contributed by atoms with Crippen molar-refractivity contribution in [2.75, 3.05) is 23.0 Å². The van der Waals surface area contributed by atoms with E-state index in [-0.39, 0.29) is 11.7 Å². The van der Waals surface area contributed by atoms with Crippen molar-refractivity contribution >= 4 is 40.0 Å². The molecule has 0 saturated carbocycles. The van der Waals surface area contributed by atoms with Crippen LogP contribution in [0.15, 0.2) is 84.8 Å². The molecule has 6 N–H and O–H groups in total. The molecular weight excluding hydrogens is 512 g/mol. The fourth-order valence-corrected chi connectivity index (χ4v) is 5.24. The van der Waals surface area contributed by atoms with Gasteiger partial charge in [0.2, 0.25) is 5.95 Å². The zero-order valence-electron chi connectivity index (χ0n) is 23.0. The molecule has 6 rings (SSSR count). The number of aromatic nitrogens is 3. The number of amides is 1. The molecule has 2 aromatic heterocycles. The first kappa shape index (κ1) is 25.8. The number of nitrogens with one attached hydrogen (secondary N) is 4. The number of aryl methyl sites for hydroxylation is 1.